The van der Waals surface area contributed by atoms with Crippen LogP contribution in [0.1, 0.15) is 20.8 Å². The second kappa shape index (κ2) is 49.8. The third kappa shape index (κ3) is 276. The van der Waals surface area contributed by atoms with Gasteiger partial charge < -0.3 is 48.3 Å². The van der Waals surface area contributed by atoms with Crippen LogP contribution in [0.3, 0.4) is 0 Å². The van der Waals surface area contributed by atoms with Crippen LogP contribution in [0, 0.1) is 0 Å². The van der Waals surface area contributed by atoms with Crippen molar-refractivity contribution < 1.29 is 34.2 Å². The summed E-state index contributed by atoms with van der Waals surface area (Å²) in [6.07, 6.45) is 0. The van der Waals surface area contributed by atoms with Crippen molar-refractivity contribution in [1.29, 1.82) is 0 Å². The quantitative estimate of drug-likeness (QED) is 0.209. The lowest BCUT2D eigenvalue weighted by atomic mass is 10.7. The van der Waals surface area contributed by atoms with Gasteiger partial charge in [-0.1, -0.05) is 0 Å². The number of amides is 5. The zero-order valence-electron chi connectivity index (χ0n) is 19.1. The number of rotatable bonds is 0. The third-order valence-corrected chi connectivity index (χ3v) is 1.26. The molecule has 14 heteroatoms. The molecule has 0 saturated heterocycles. The fraction of sp³-hybridized carbons (Fsp3) is 0.667. The predicted molar refractivity (Wildman–Crippen MR) is 114 cm³/mol. The molecule has 0 aliphatic carbocycles. The Kier molecular flexibility index (Phi) is 77.2. The summed E-state index contributed by atoms with van der Waals surface area (Å²) in [6.45, 7) is 3.64. The van der Waals surface area contributed by atoms with E-state index in [-0.39, 0.29) is 18.0 Å². The van der Waals surface area contributed by atoms with Crippen molar-refractivity contribution in [2.75, 3.05) is 49.3 Å². The maximum atomic E-state index is 9.96. The number of aliphatic carboxylic acids is 2. The van der Waals surface area contributed by atoms with Gasteiger partial charge in [-0.3, -0.25) is 14.4 Å². The van der Waals surface area contributed by atoms with Crippen molar-refractivity contribution in [3.8, 4) is 0 Å². The minimum absolute atomic E-state index is 0.00463. The number of carbonyl (C=O) groups is 5. The first-order valence-corrected chi connectivity index (χ1v) is 7.87. The fourth-order valence-corrected chi connectivity index (χ4v) is 0.250. The van der Waals surface area contributed by atoms with E-state index in [1.54, 1.807) is 35.2 Å². The maximum Gasteiger partial charge on any atom is 0.314 e. The monoisotopic (exact) mass is 431 g/mol. The summed E-state index contributed by atoms with van der Waals surface area (Å²) >= 11 is 0. The summed E-state index contributed by atoms with van der Waals surface area (Å²) in [4.78, 5) is 47.6. The van der Waals surface area contributed by atoms with Crippen LogP contribution in [0.5, 0.6) is 0 Å². The van der Waals surface area contributed by atoms with E-state index in [9.17, 15) is 14.4 Å². The van der Waals surface area contributed by atoms with Crippen LogP contribution in [0.15, 0.2) is 0 Å². The van der Waals surface area contributed by atoms with Crippen molar-refractivity contribution in [1.82, 2.24) is 26.6 Å². The second-order valence-electron chi connectivity index (χ2n) is 3.50. The van der Waals surface area contributed by atoms with Gasteiger partial charge in [0.2, 0.25) is 5.91 Å². The van der Waals surface area contributed by atoms with Gasteiger partial charge in [0.1, 0.15) is 0 Å². The number of nitrogens with two attached hydrogens (primary N) is 2. The summed E-state index contributed by atoms with van der Waals surface area (Å²) in [5, 5.41) is 26.7. The van der Waals surface area contributed by atoms with Crippen molar-refractivity contribution >= 4 is 29.9 Å². The molecule has 0 aromatic carbocycles. The summed E-state index contributed by atoms with van der Waals surface area (Å²) in [5.74, 6) is -1.66. The number of hydrogen-bond acceptors (Lipinski definition) is 7. The standard InChI is InChI=1S/2C3H8N2O.C3H7NO.2C2H4O2.2CH5N/c2*1-4-3(6)5-2;1-3(5)4-2;2*1-2(3)4;2*1-2/h2*1-2H3,(H2,4,5,6);1-2H3,(H,4,5);2*1H3,(H,3,4);2*2H2,1H3. The average molecular weight is 432 g/mol. The fourth-order valence-electron chi connectivity index (χ4n) is 0.250. The summed E-state index contributed by atoms with van der Waals surface area (Å²) < 4.78 is 0. The lowest BCUT2D eigenvalue weighted by molar-refractivity contribution is -0.135. The molecular weight excluding hydrogens is 390 g/mol. The van der Waals surface area contributed by atoms with Gasteiger partial charge in [0.15, 0.2) is 0 Å². The first kappa shape index (κ1) is 44.9. The second-order valence-corrected chi connectivity index (χ2v) is 3.50. The van der Waals surface area contributed by atoms with Crippen molar-refractivity contribution in [3.05, 3.63) is 0 Å². The number of urea groups is 2. The highest BCUT2D eigenvalue weighted by molar-refractivity contribution is 5.73. The summed E-state index contributed by atoms with van der Waals surface area (Å²) in [7, 11) is 10.9. The van der Waals surface area contributed by atoms with Crippen LogP contribution in [0.25, 0.3) is 0 Å². The molecule has 0 fully saturated rings. The first-order chi connectivity index (χ1) is 13.4. The molecule has 14 nitrogen and oxygen atoms in total. The van der Waals surface area contributed by atoms with E-state index in [0.717, 1.165) is 13.8 Å². The van der Waals surface area contributed by atoms with Crippen LogP contribution >= 0.6 is 0 Å². The van der Waals surface area contributed by atoms with Gasteiger partial charge in [-0.05, 0) is 14.1 Å². The molecule has 178 valence electrons. The number of carbonyl (C=O) groups excluding carboxylic acids is 3. The van der Waals surface area contributed by atoms with Gasteiger partial charge >= 0.3 is 12.1 Å². The number of carboxylic acid groups (broad SMARTS) is 2. The van der Waals surface area contributed by atoms with Crippen molar-refractivity contribution in [3.63, 3.8) is 0 Å². The van der Waals surface area contributed by atoms with E-state index in [1.807, 2.05) is 0 Å². The number of carboxylic acids is 2. The Hall–Kier alpha value is -3.13. The smallest absolute Gasteiger partial charge is 0.314 e. The minimum Gasteiger partial charge on any atom is -0.481 e. The highest BCUT2D eigenvalue weighted by Gasteiger charge is 1.82. The van der Waals surface area contributed by atoms with Gasteiger partial charge in [-0.2, -0.15) is 0 Å². The third-order valence-electron chi connectivity index (χ3n) is 1.26. The Labute approximate surface area is 173 Å². The Bertz CT molecular complexity index is 334. The van der Waals surface area contributed by atoms with E-state index in [1.165, 1.54) is 21.0 Å². The molecular formula is C15H41N7O7. The normalized spacial score (nSPS) is 6.21. The molecule has 11 N–H and O–H groups in total. The van der Waals surface area contributed by atoms with E-state index >= 15 is 0 Å². The van der Waals surface area contributed by atoms with Gasteiger partial charge in [0, 0.05) is 56.0 Å². The molecule has 0 saturated carbocycles. The van der Waals surface area contributed by atoms with Crippen LogP contribution in [-0.2, 0) is 14.4 Å². The van der Waals surface area contributed by atoms with Crippen molar-refractivity contribution in [2.24, 2.45) is 11.5 Å². The minimum atomic E-state index is -0.833. The summed E-state index contributed by atoms with van der Waals surface area (Å²) in [5.41, 5.74) is 9.00. The molecule has 0 spiro atoms. The molecule has 0 aromatic heterocycles. The van der Waals surface area contributed by atoms with Crippen LogP contribution < -0.4 is 38.1 Å². The molecule has 29 heavy (non-hydrogen) atoms. The number of hydrogen-bond donors (Lipinski definition) is 9. The SMILES string of the molecule is CC(=O)O.CC(=O)O.CN.CN.CNC(=O)NC.CNC(=O)NC.CNC(C)=O. The van der Waals surface area contributed by atoms with E-state index in [0.29, 0.717) is 0 Å². The van der Waals surface area contributed by atoms with Crippen molar-refractivity contribution in [2.45, 2.75) is 20.8 Å². The molecule has 0 aliphatic rings. The molecule has 0 aromatic rings. The Morgan fingerprint density at radius 3 is 0.621 bits per heavy atom. The van der Waals surface area contributed by atoms with Gasteiger partial charge in [-0.15, -0.1) is 0 Å². The molecule has 5 amide bonds. The Morgan fingerprint density at radius 2 is 0.621 bits per heavy atom. The van der Waals surface area contributed by atoms with E-state index in [2.05, 4.69) is 38.1 Å². The zero-order chi connectivity index (χ0) is 25.4. The van der Waals surface area contributed by atoms with Crippen LogP contribution in [-0.4, -0.2) is 89.5 Å². The number of nitrogens with one attached hydrogen (secondary N) is 5. The van der Waals surface area contributed by atoms with Crippen LogP contribution in [0.2, 0.25) is 0 Å². The lowest BCUT2D eigenvalue weighted by Crippen LogP contribution is -2.28. The summed E-state index contributed by atoms with van der Waals surface area (Å²) in [6, 6.07) is -0.315. The molecule has 0 bridgehead atoms. The molecule has 0 unspecified atom stereocenters. The van der Waals surface area contributed by atoms with Gasteiger partial charge in [-0.25, -0.2) is 9.59 Å². The first-order valence-electron chi connectivity index (χ1n) is 7.87. The molecule has 0 aliphatic heterocycles. The van der Waals surface area contributed by atoms with Crippen LogP contribution in [0.4, 0.5) is 9.59 Å². The highest BCUT2D eigenvalue weighted by atomic mass is 16.4. The van der Waals surface area contributed by atoms with Gasteiger partial charge in [0.25, 0.3) is 11.9 Å². The average Bonchev–Trinajstić information content (AvgIpc) is 2.69. The maximum absolute atomic E-state index is 9.96. The van der Waals surface area contributed by atoms with Gasteiger partial charge in [0.05, 0.1) is 0 Å². The zero-order valence-corrected chi connectivity index (χ0v) is 19.1. The molecule has 0 radical (unpaired) electrons. The topological polar surface area (TPSA) is 238 Å². The Morgan fingerprint density at radius 1 is 0.517 bits per heavy atom. The molecule has 0 heterocycles. The molecule has 0 rings (SSSR count). The lowest BCUT2D eigenvalue weighted by Gasteiger charge is -1.91. The highest BCUT2D eigenvalue weighted by Crippen LogP contribution is 1.49. The Balaban J connectivity index is -0.0000000403. The van der Waals surface area contributed by atoms with E-state index in [4.69, 9.17) is 19.8 Å². The van der Waals surface area contributed by atoms with E-state index < -0.39 is 11.9 Å². The molecule has 0 atom stereocenters. The predicted octanol–water partition coefficient (Wildman–Crippen LogP) is -1.83. The largest absolute Gasteiger partial charge is 0.481 e.